The first-order chi connectivity index (χ1) is 12.8. The molecule has 2 saturated heterocycles. The first-order valence-electron chi connectivity index (χ1n) is 10.2. The van der Waals surface area contributed by atoms with Gasteiger partial charge in [-0.05, 0) is 25.3 Å². The zero-order valence-electron chi connectivity index (χ0n) is 16.0. The lowest BCUT2D eigenvalue weighted by atomic mass is 10.1. The number of unbranched alkanes of at least 4 members (excludes halogenated alkanes) is 6. The molecule has 0 N–H and O–H groups in total. The summed E-state index contributed by atoms with van der Waals surface area (Å²) >= 11 is 0. The third kappa shape index (κ3) is 8.32. The van der Waals surface area contributed by atoms with Crippen molar-refractivity contribution in [1.82, 2.24) is 9.80 Å². The molecule has 26 heavy (non-hydrogen) atoms. The Labute approximate surface area is 157 Å². The lowest BCUT2D eigenvalue weighted by molar-refractivity contribution is -0.135. The van der Waals surface area contributed by atoms with E-state index in [2.05, 4.69) is 0 Å². The molecule has 0 unspecified atom stereocenters. The minimum Gasteiger partial charge on any atom is -0.378 e. The van der Waals surface area contributed by atoms with Crippen LogP contribution in [0.15, 0.2) is 12.2 Å². The summed E-state index contributed by atoms with van der Waals surface area (Å²) in [6.45, 7) is 5.57. The molecule has 2 fully saturated rings. The number of ether oxygens (including phenoxy) is 2. The minimum atomic E-state index is 0.109. The van der Waals surface area contributed by atoms with Crippen molar-refractivity contribution in [2.45, 2.75) is 51.4 Å². The van der Waals surface area contributed by atoms with Crippen LogP contribution >= 0.6 is 0 Å². The Morgan fingerprint density at radius 3 is 1.92 bits per heavy atom. The average molecular weight is 367 g/mol. The van der Waals surface area contributed by atoms with E-state index in [4.69, 9.17) is 9.47 Å². The van der Waals surface area contributed by atoms with Crippen LogP contribution in [0.3, 0.4) is 0 Å². The summed E-state index contributed by atoms with van der Waals surface area (Å²) in [6, 6.07) is 0. The van der Waals surface area contributed by atoms with E-state index in [1.807, 2.05) is 15.9 Å². The van der Waals surface area contributed by atoms with Crippen molar-refractivity contribution in [1.29, 1.82) is 0 Å². The number of rotatable bonds is 10. The zero-order valence-corrected chi connectivity index (χ0v) is 16.0. The van der Waals surface area contributed by atoms with Gasteiger partial charge < -0.3 is 19.3 Å². The molecule has 0 atom stereocenters. The summed E-state index contributed by atoms with van der Waals surface area (Å²) in [5.41, 5.74) is 0. The van der Waals surface area contributed by atoms with Crippen LogP contribution in [0.5, 0.6) is 0 Å². The van der Waals surface area contributed by atoms with Gasteiger partial charge in [0.2, 0.25) is 11.8 Å². The van der Waals surface area contributed by atoms with Crippen molar-refractivity contribution in [3.63, 3.8) is 0 Å². The van der Waals surface area contributed by atoms with Crippen LogP contribution in [0.2, 0.25) is 0 Å². The van der Waals surface area contributed by atoms with Gasteiger partial charge in [-0.25, -0.2) is 0 Å². The fourth-order valence-electron chi connectivity index (χ4n) is 3.29. The topological polar surface area (TPSA) is 59.1 Å². The number of amides is 2. The van der Waals surface area contributed by atoms with Gasteiger partial charge in [-0.1, -0.05) is 31.8 Å². The van der Waals surface area contributed by atoms with Crippen molar-refractivity contribution in [2.24, 2.45) is 0 Å². The molecule has 0 spiro atoms. The molecule has 2 aliphatic heterocycles. The van der Waals surface area contributed by atoms with E-state index in [1.165, 1.54) is 19.3 Å². The first-order valence-corrected chi connectivity index (χ1v) is 10.2. The molecule has 0 aliphatic carbocycles. The summed E-state index contributed by atoms with van der Waals surface area (Å²) in [5.74, 6) is 0.390. The summed E-state index contributed by atoms with van der Waals surface area (Å²) in [6.07, 6.45) is 12.2. The van der Waals surface area contributed by atoms with Gasteiger partial charge in [0, 0.05) is 32.6 Å². The Morgan fingerprint density at radius 2 is 1.27 bits per heavy atom. The molecule has 148 valence electrons. The van der Waals surface area contributed by atoms with Crippen molar-refractivity contribution in [2.75, 3.05) is 52.6 Å². The number of hydrogen-bond acceptors (Lipinski definition) is 4. The number of carbonyl (C=O) groups is 2. The summed E-state index contributed by atoms with van der Waals surface area (Å²) in [7, 11) is 0. The molecule has 2 heterocycles. The number of morpholine rings is 2. The second-order valence-corrected chi connectivity index (χ2v) is 6.99. The van der Waals surface area contributed by atoms with Gasteiger partial charge in [-0.2, -0.15) is 0 Å². The second kappa shape index (κ2) is 12.9. The molecule has 2 aliphatic rings. The Kier molecular flexibility index (Phi) is 10.4. The third-order valence-corrected chi connectivity index (χ3v) is 4.96. The van der Waals surface area contributed by atoms with Crippen molar-refractivity contribution in [3.05, 3.63) is 12.2 Å². The van der Waals surface area contributed by atoms with Gasteiger partial charge in [0.05, 0.1) is 26.4 Å². The maximum absolute atomic E-state index is 12.0. The van der Waals surface area contributed by atoms with Crippen LogP contribution in [0.1, 0.15) is 51.4 Å². The molecular weight excluding hydrogens is 332 g/mol. The third-order valence-electron chi connectivity index (χ3n) is 4.96. The molecule has 6 nitrogen and oxygen atoms in total. The Morgan fingerprint density at radius 1 is 0.731 bits per heavy atom. The zero-order chi connectivity index (χ0) is 18.5. The highest BCUT2D eigenvalue weighted by Crippen LogP contribution is 2.11. The minimum absolute atomic E-state index is 0.109. The predicted octanol–water partition coefficient (Wildman–Crippen LogP) is 2.38. The molecule has 2 amide bonds. The van der Waals surface area contributed by atoms with E-state index < -0.39 is 0 Å². The van der Waals surface area contributed by atoms with Crippen LogP contribution in [0.25, 0.3) is 0 Å². The number of hydrogen-bond donors (Lipinski definition) is 0. The van der Waals surface area contributed by atoms with Gasteiger partial charge in [0.15, 0.2) is 0 Å². The van der Waals surface area contributed by atoms with Gasteiger partial charge in [0.1, 0.15) is 0 Å². The Bertz CT molecular complexity index is 441. The maximum atomic E-state index is 12.0. The van der Waals surface area contributed by atoms with E-state index in [0.29, 0.717) is 45.9 Å². The van der Waals surface area contributed by atoms with Crippen molar-refractivity contribution in [3.8, 4) is 0 Å². The lowest BCUT2D eigenvalue weighted by Gasteiger charge is -2.26. The highest BCUT2D eigenvalue weighted by atomic mass is 16.5. The van der Waals surface area contributed by atoms with Crippen molar-refractivity contribution < 1.29 is 19.1 Å². The normalized spacial score (nSPS) is 18.5. The van der Waals surface area contributed by atoms with Crippen LogP contribution in [0.4, 0.5) is 0 Å². The van der Waals surface area contributed by atoms with Crippen LogP contribution in [0, 0.1) is 0 Å². The average Bonchev–Trinajstić information content (AvgIpc) is 2.70. The van der Waals surface area contributed by atoms with E-state index in [0.717, 1.165) is 38.8 Å². The molecule has 0 aromatic rings. The van der Waals surface area contributed by atoms with Gasteiger partial charge in [-0.3, -0.25) is 9.59 Å². The number of carbonyl (C=O) groups excluding carboxylic acids is 2. The molecule has 2 rings (SSSR count). The van der Waals surface area contributed by atoms with Crippen molar-refractivity contribution >= 4 is 11.8 Å². The number of allylic oxidation sites excluding steroid dienone is 1. The fourth-order valence-corrected chi connectivity index (χ4v) is 3.29. The first kappa shape index (κ1) is 20.9. The predicted molar refractivity (Wildman–Crippen MR) is 101 cm³/mol. The van der Waals surface area contributed by atoms with Gasteiger partial charge in [0.25, 0.3) is 0 Å². The quantitative estimate of drug-likeness (QED) is 0.440. The summed E-state index contributed by atoms with van der Waals surface area (Å²) in [4.78, 5) is 27.7. The van der Waals surface area contributed by atoms with Crippen LogP contribution in [-0.4, -0.2) is 74.2 Å². The molecule has 0 aromatic heterocycles. The standard InChI is InChI=1S/C20H34N2O4/c23-19(21-11-15-25-16-12-21)9-7-5-3-1-2-4-6-8-10-20(24)22-13-17-26-18-14-22/h7,9H,1-6,8,10-18H2. The molecule has 6 heteroatoms. The smallest absolute Gasteiger partial charge is 0.246 e. The number of nitrogens with zero attached hydrogens (tertiary/aromatic N) is 2. The highest BCUT2D eigenvalue weighted by molar-refractivity contribution is 5.87. The Hall–Kier alpha value is -1.40. The molecule has 0 radical (unpaired) electrons. The van der Waals surface area contributed by atoms with E-state index >= 15 is 0 Å². The van der Waals surface area contributed by atoms with Crippen LogP contribution < -0.4 is 0 Å². The maximum Gasteiger partial charge on any atom is 0.246 e. The summed E-state index contributed by atoms with van der Waals surface area (Å²) in [5, 5.41) is 0. The highest BCUT2D eigenvalue weighted by Gasteiger charge is 2.16. The Balaban J connectivity index is 1.39. The SMILES string of the molecule is O=C(C=CCCCCCCCCC(=O)N1CCOCC1)N1CCOCC1. The lowest BCUT2D eigenvalue weighted by Crippen LogP contribution is -2.40. The van der Waals surface area contributed by atoms with E-state index in [1.54, 1.807) is 6.08 Å². The van der Waals surface area contributed by atoms with E-state index in [9.17, 15) is 9.59 Å². The van der Waals surface area contributed by atoms with E-state index in [-0.39, 0.29) is 11.8 Å². The van der Waals surface area contributed by atoms with Gasteiger partial charge in [-0.15, -0.1) is 0 Å². The van der Waals surface area contributed by atoms with Crippen LogP contribution in [-0.2, 0) is 19.1 Å². The molecule has 0 aromatic carbocycles. The summed E-state index contributed by atoms with van der Waals surface area (Å²) < 4.78 is 10.5. The second-order valence-electron chi connectivity index (χ2n) is 6.99. The molecule has 0 saturated carbocycles. The monoisotopic (exact) mass is 366 g/mol. The van der Waals surface area contributed by atoms with Gasteiger partial charge >= 0.3 is 0 Å². The molecular formula is C20H34N2O4. The molecule has 0 bridgehead atoms. The fraction of sp³-hybridized carbons (Fsp3) is 0.800. The largest absolute Gasteiger partial charge is 0.378 e.